The summed E-state index contributed by atoms with van der Waals surface area (Å²) in [5.74, 6) is -4.38. The van der Waals surface area contributed by atoms with E-state index in [-0.39, 0.29) is 11.3 Å². The van der Waals surface area contributed by atoms with Gasteiger partial charge in [0, 0.05) is 12.1 Å². The van der Waals surface area contributed by atoms with Gasteiger partial charge in [0.15, 0.2) is 5.78 Å². The summed E-state index contributed by atoms with van der Waals surface area (Å²) in [5.41, 5.74) is -0.349. The average Bonchev–Trinajstić information content (AvgIpc) is 2.28. The van der Waals surface area contributed by atoms with Crippen LogP contribution in [0.25, 0.3) is 0 Å². The van der Waals surface area contributed by atoms with E-state index >= 15 is 0 Å². The molecule has 2 N–H and O–H groups in total. The van der Waals surface area contributed by atoms with Gasteiger partial charge >= 0.3 is 5.97 Å². The van der Waals surface area contributed by atoms with Gasteiger partial charge in [-0.3, -0.25) is 4.79 Å². The van der Waals surface area contributed by atoms with Gasteiger partial charge in [-0.15, -0.1) is 0 Å². The van der Waals surface area contributed by atoms with Crippen LogP contribution in [0, 0.1) is 5.82 Å². The van der Waals surface area contributed by atoms with Crippen molar-refractivity contribution in [3.8, 4) is 5.75 Å². The van der Waals surface area contributed by atoms with Gasteiger partial charge in [0.05, 0.1) is 12.7 Å². The summed E-state index contributed by atoms with van der Waals surface area (Å²) >= 11 is 0. The number of ether oxygens (including phenoxy) is 1. The Hall–Kier alpha value is -2.37. The highest BCUT2D eigenvalue weighted by Crippen LogP contribution is 2.17. The number of hydrogen-bond donors (Lipinski definition) is 2. The fraction of sp³-hybridized carbons (Fsp3) is 0.0909. The van der Waals surface area contributed by atoms with E-state index in [0.29, 0.717) is 6.08 Å². The van der Waals surface area contributed by atoms with Gasteiger partial charge in [-0.2, -0.15) is 0 Å². The summed E-state index contributed by atoms with van der Waals surface area (Å²) in [4.78, 5) is 21.7. The van der Waals surface area contributed by atoms with Crippen molar-refractivity contribution in [1.29, 1.82) is 0 Å². The Morgan fingerprint density at radius 2 is 2.00 bits per heavy atom. The SMILES string of the molecule is COc1ccc(C(=O)/C=C(\O)C(=O)O)c(F)c1. The van der Waals surface area contributed by atoms with E-state index in [1.165, 1.54) is 13.2 Å². The molecule has 0 bridgehead atoms. The highest BCUT2D eigenvalue weighted by atomic mass is 19.1. The molecule has 1 aromatic rings. The monoisotopic (exact) mass is 240 g/mol. The molecule has 0 radical (unpaired) electrons. The van der Waals surface area contributed by atoms with Gasteiger partial charge in [-0.25, -0.2) is 9.18 Å². The molecule has 0 saturated heterocycles. The van der Waals surface area contributed by atoms with E-state index in [1.807, 2.05) is 0 Å². The van der Waals surface area contributed by atoms with E-state index < -0.39 is 23.3 Å². The number of aliphatic hydroxyl groups excluding tert-OH is 1. The normalized spacial score (nSPS) is 11.1. The van der Waals surface area contributed by atoms with E-state index in [2.05, 4.69) is 0 Å². The van der Waals surface area contributed by atoms with Crippen molar-refractivity contribution in [2.24, 2.45) is 0 Å². The minimum Gasteiger partial charge on any atom is -0.502 e. The number of ketones is 1. The summed E-state index contributed by atoms with van der Waals surface area (Å²) in [6.45, 7) is 0. The van der Waals surface area contributed by atoms with Crippen LogP contribution >= 0.6 is 0 Å². The predicted molar refractivity (Wildman–Crippen MR) is 55.6 cm³/mol. The molecule has 0 aliphatic heterocycles. The summed E-state index contributed by atoms with van der Waals surface area (Å²) in [6.07, 6.45) is 0.438. The van der Waals surface area contributed by atoms with Crippen molar-refractivity contribution < 1.29 is 28.9 Å². The number of aliphatic carboxylic acids is 1. The largest absolute Gasteiger partial charge is 0.502 e. The van der Waals surface area contributed by atoms with E-state index in [1.54, 1.807) is 0 Å². The van der Waals surface area contributed by atoms with Gasteiger partial charge in [-0.1, -0.05) is 0 Å². The molecule has 1 rings (SSSR count). The van der Waals surface area contributed by atoms with Crippen LogP contribution in [0.15, 0.2) is 30.0 Å². The molecule has 5 nitrogen and oxygen atoms in total. The third-order valence-corrected chi connectivity index (χ3v) is 1.93. The predicted octanol–water partition coefficient (Wildman–Crippen LogP) is 1.54. The van der Waals surface area contributed by atoms with Crippen molar-refractivity contribution in [3.63, 3.8) is 0 Å². The van der Waals surface area contributed by atoms with E-state index in [4.69, 9.17) is 14.9 Å². The number of carboxylic acids is 1. The first-order valence-electron chi connectivity index (χ1n) is 4.47. The number of aliphatic hydroxyl groups is 1. The third-order valence-electron chi connectivity index (χ3n) is 1.93. The minimum atomic E-state index is -1.66. The van der Waals surface area contributed by atoms with Crippen LogP contribution in [0.1, 0.15) is 10.4 Å². The molecule has 0 aromatic heterocycles. The Morgan fingerprint density at radius 1 is 1.35 bits per heavy atom. The second-order valence-corrected chi connectivity index (χ2v) is 3.04. The zero-order valence-corrected chi connectivity index (χ0v) is 8.81. The minimum absolute atomic E-state index is 0.227. The van der Waals surface area contributed by atoms with Crippen molar-refractivity contribution in [2.45, 2.75) is 0 Å². The number of halogens is 1. The number of carboxylic acid groups (broad SMARTS) is 1. The highest BCUT2D eigenvalue weighted by molar-refractivity contribution is 6.07. The molecule has 0 aliphatic rings. The zero-order chi connectivity index (χ0) is 13.0. The molecule has 0 fully saturated rings. The van der Waals surface area contributed by atoms with Gasteiger partial charge in [0.25, 0.3) is 0 Å². The topological polar surface area (TPSA) is 83.8 Å². The fourth-order valence-corrected chi connectivity index (χ4v) is 1.09. The number of carbonyl (C=O) groups is 2. The molecule has 0 spiro atoms. The number of benzene rings is 1. The van der Waals surface area contributed by atoms with E-state index in [9.17, 15) is 14.0 Å². The molecule has 0 unspecified atom stereocenters. The maximum absolute atomic E-state index is 13.4. The molecule has 0 saturated carbocycles. The number of carbonyl (C=O) groups excluding carboxylic acids is 1. The van der Waals surface area contributed by atoms with Crippen molar-refractivity contribution in [1.82, 2.24) is 0 Å². The van der Waals surface area contributed by atoms with Crippen molar-refractivity contribution in [2.75, 3.05) is 7.11 Å². The van der Waals surface area contributed by atoms with Crippen molar-refractivity contribution >= 4 is 11.8 Å². The van der Waals surface area contributed by atoms with Crippen LogP contribution in [0.3, 0.4) is 0 Å². The zero-order valence-electron chi connectivity index (χ0n) is 8.81. The van der Waals surface area contributed by atoms with Gasteiger partial charge < -0.3 is 14.9 Å². The smallest absolute Gasteiger partial charge is 0.371 e. The van der Waals surface area contributed by atoms with Crippen LogP contribution in [0.2, 0.25) is 0 Å². The Morgan fingerprint density at radius 3 is 2.47 bits per heavy atom. The molecular weight excluding hydrogens is 231 g/mol. The highest BCUT2D eigenvalue weighted by Gasteiger charge is 2.13. The molecule has 6 heteroatoms. The summed E-state index contributed by atoms with van der Waals surface area (Å²) in [5, 5.41) is 17.2. The molecule has 0 aliphatic carbocycles. The van der Waals surface area contributed by atoms with Crippen LogP contribution in [0.5, 0.6) is 5.75 Å². The Labute approximate surface area is 95.8 Å². The standard InChI is InChI=1S/C11H9FO5/c1-17-6-2-3-7(8(12)4-6)9(13)5-10(14)11(15)16/h2-5,14H,1H3,(H,15,16)/b10-5-. The van der Waals surface area contributed by atoms with Crippen molar-refractivity contribution in [3.05, 3.63) is 41.4 Å². The lowest BCUT2D eigenvalue weighted by Gasteiger charge is -2.02. The first kappa shape index (κ1) is 12.7. The second kappa shape index (κ2) is 5.11. The third kappa shape index (κ3) is 3.04. The molecule has 0 amide bonds. The number of allylic oxidation sites excluding steroid dienone is 1. The second-order valence-electron chi connectivity index (χ2n) is 3.04. The first-order valence-corrected chi connectivity index (χ1v) is 4.47. The van der Waals surface area contributed by atoms with Gasteiger partial charge in [0.2, 0.25) is 5.76 Å². The molecule has 90 valence electrons. The molecule has 0 atom stereocenters. The number of hydrogen-bond acceptors (Lipinski definition) is 4. The summed E-state index contributed by atoms with van der Waals surface area (Å²) < 4.78 is 18.1. The Kier molecular flexibility index (Phi) is 3.82. The fourth-order valence-electron chi connectivity index (χ4n) is 1.09. The number of rotatable bonds is 4. The molecule has 17 heavy (non-hydrogen) atoms. The molecule has 0 heterocycles. The molecule has 1 aromatic carbocycles. The number of methoxy groups -OCH3 is 1. The van der Waals surface area contributed by atoms with Crippen LogP contribution in [-0.2, 0) is 4.79 Å². The lowest BCUT2D eigenvalue weighted by molar-refractivity contribution is -0.135. The molecular formula is C11H9FO5. The average molecular weight is 240 g/mol. The Bertz CT molecular complexity index is 493. The van der Waals surface area contributed by atoms with Crippen LogP contribution in [-0.4, -0.2) is 29.1 Å². The quantitative estimate of drug-likeness (QED) is 0.474. The van der Waals surface area contributed by atoms with Crippen LogP contribution in [0.4, 0.5) is 4.39 Å². The maximum Gasteiger partial charge on any atom is 0.371 e. The lowest BCUT2D eigenvalue weighted by Crippen LogP contribution is -2.05. The summed E-state index contributed by atoms with van der Waals surface area (Å²) in [7, 11) is 1.34. The van der Waals surface area contributed by atoms with Crippen LogP contribution < -0.4 is 4.74 Å². The van der Waals surface area contributed by atoms with Gasteiger partial charge in [-0.05, 0) is 12.1 Å². The van der Waals surface area contributed by atoms with Gasteiger partial charge in [0.1, 0.15) is 11.6 Å². The Balaban J connectivity index is 3.05. The maximum atomic E-state index is 13.4. The summed E-state index contributed by atoms with van der Waals surface area (Å²) in [6, 6.07) is 3.48. The van der Waals surface area contributed by atoms with E-state index in [0.717, 1.165) is 12.1 Å². The first-order chi connectivity index (χ1) is 7.95. The lowest BCUT2D eigenvalue weighted by atomic mass is 10.1.